The van der Waals surface area contributed by atoms with Crippen LogP contribution in [0.1, 0.15) is 58.8 Å². The third-order valence-corrected chi connectivity index (χ3v) is 8.88. The van der Waals surface area contributed by atoms with Crippen LogP contribution in [0.25, 0.3) is 11.9 Å². The number of nitrogens with zero attached hydrogens (tertiary/aromatic N) is 8. The summed E-state index contributed by atoms with van der Waals surface area (Å²) in [5, 5.41) is 4.54. The minimum absolute atomic E-state index is 0.0674. The average molecular weight is 672 g/mol. The highest BCUT2D eigenvalue weighted by molar-refractivity contribution is 9.10. The van der Waals surface area contributed by atoms with Gasteiger partial charge < -0.3 is 9.80 Å². The van der Waals surface area contributed by atoms with E-state index in [-0.39, 0.29) is 40.5 Å². The first-order valence-electron chi connectivity index (χ1n) is 14.3. The number of halogens is 4. The van der Waals surface area contributed by atoms with Crippen LogP contribution in [0, 0.1) is 19.8 Å². The number of rotatable bonds is 4. The lowest BCUT2D eigenvalue weighted by atomic mass is 9.98. The van der Waals surface area contributed by atoms with Crippen LogP contribution in [-0.4, -0.2) is 59.2 Å². The zero-order valence-corrected chi connectivity index (χ0v) is 26.1. The molecule has 0 aliphatic carbocycles. The Morgan fingerprint density at radius 1 is 1.09 bits per heavy atom. The van der Waals surface area contributed by atoms with Crippen molar-refractivity contribution < 1.29 is 18.0 Å². The van der Waals surface area contributed by atoms with Crippen molar-refractivity contribution in [2.75, 3.05) is 18.0 Å². The Balaban J connectivity index is 1.42. The smallest absolute Gasteiger partial charge is 0.369 e. The Morgan fingerprint density at radius 3 is 2.43 bits per heavy atom. The maximum absolute atomic E-state index is 14.2. The number of anilines is 1. The molecule has 10 nitrogen and oxygen atoms in total. The predicted octanol–water partition coefficient (Wildman–Crippen LogP) is 5.04. The molecule has 0 spiro atoms. The minimum Gasteiger partial charge on any atom is -0.369 e. The number of alkyl halides is 3. The molecule has 2 aliphatic rings. The summed E-state index contributed by atoms with van der Waals surface area (Å²) in [4.78, 5) is 45.3. The molecule has 230 valence electrons. The Bertz CT molecular complexity index is 1820. The van der Waals surface area contributed by atoms with Gasteiger partial charge in [0.1, 0.15) is 0 Å². The molecule has 2 unspecified atom stereocenters. The molecule has 6 rings (SSSR count). The number of benzene rings is 1. The molecule has 3 aromatic heterocycles. The Labute approximate surface area is 259 Å². The van der Waals surface area contributed by atoms with E-state index in [0.29, 0.717) is 22.9 Å². The van der Waals surface area contributed by atoms with Gasteiger partial charge in [-0.15, -0.1) is 0 Å². The van der Waals surface area contributed by atoms with E-state index in [2.05, 4.69) is 42.8 Å². The number of carbonyl (C=O) groups is 1. The normalized spacial score (nSPS) is 18.5. The lowest BCUT2D eigenvalue weighted by Crippen LogP contribution is -2.46. The summed E-state index contributed by atoms with van der Waals surface area (Å²) in [7, 11) is 0. The van der Waals surface area contributed by atoms with Crippen molar-refractivity contribution in [3.8, 4) is 11.9 Å². The maximum atomic E-state index is 14.2. The molecule has 0 saturated carbocycles. The number of amides is 1. The van der Waals surface area contributed by atoms with E-state index in [1.807, 2.05) is 19.9 Å². The van der Waals surface area contributed by atoms with Crippen molar-refractivity contribution in [2.24, 2.45) is 5.92 Å². The van der Waals surface area contributed by atoms with E-state index in [4.69, 9.17) is 4.98 Å². The van der Waals surface area contributed by atoms with Gasteiger partial charge in [0.2, 0.25) is 11.9 Å². The lowest BCUT2D eigenvalue weighted by molar-refractivity contribution is -0.138. The van der Waals surface area contributed by atoms with E-state index in [1.54, 1.807) is 19.3 Å². The van der Waals surface area contributed by atoms with Crippen molar-refractivity contribution in [3.63, 3.8) is 0 Å². The average Bonchev–Trinajstić information content (AvgIpc) is 3.56. The van der Waals surface area contributed by atoms with Gasteiger partial charge in [0.25, 0.3) is 11.5 Å². The number of carbonyl (C=O) groups excluding carboxylic acids is 1. The van der Waals surface area contributed by atoms with Gasteiger partial charge in [0.05, 0.1) is 41.6 Å². The van der Waals surface area contributed by atoms with Crippen LogP contribution in [0.15, 0.2) is 45.9 Å². The van der Waals surface area contributed by atoms with Crippen LogP contribution in [0.5, 0.6) is 0 Å². The molecule has 0 N–H and O–H groups in total. The van der Waals surface area contributed by atoms with Crippen LogP contribution >= 0.6 is 15.9 Å². The van der Waals surface area contributed by atoms with Gasteiger partial charge >= 0.3 is 6.18 Å². The number of hydrogen-bond donors (Lipinski definition) is 0. The molecule has 2 atom stereocenters. The molecular formula is C30H30BrF3N8O2. The van der Waals surface area contributed by atoms with Gasteiger partial charge in [-0.05, 0) is 63.8 Å². The van der Waals surface area contributed by atoms with E-state index >= 15 is 0 Å². The van der Waals surface area contributed by atoms with Crippen molar-refractivity contribution in [3.05, 3.63) is 85.3 Å². The summed E-state index contributed by atoms with van der Waals surface area (Å²) in [5.74, 6) is 0.287. The first-order valence-corrected chi connectivity index (χ1v) is 15.0. The number of aromatic nitrogens is 6. The van der Waals surface area contributed by atoms with Gasteiger partial charge in [-0.25, -0.2) is 24.2 Å². The van der Waals surface area contributed by atoms with Gasteiger partial charge in [-0.3, -0.25) is 9.59 Å². The van der Waals surface area contributed by atoms with Crippen LogP contribution in [0.3, 0.4) is 0 Å². The molecule has 14 heteroatoms. The monoisotopic (exact) mass is 670 g/mol. The van der Waals surface area contributed by atoms with Crippen LogP contribution in [-0.2, 0) is 19.1 Å². The minimum atomic E-state index is -4.64. The maximum Gasteiger partial charge on any atom is 0.417 e. The zero-order chi connectivity index (χ0) is 31.5. The van der Waals surface area contributed by atoms with Crippen LogP contribution in [0.4, 0.5) is 18.9 Å². The number of aryl methyl sites for hydroxylation is 2. The molecule has 1 fully saturated rings. The molecule has 1 saturated heterocycles. The largest absolute Gasteiger partial charge is 0.417 e. The SMILES string of the molecule is Cc1cc(C)n(-c2nc3c(c(=O)n2-c2ncc(N4CCC(C)C4)cn2)CC(C)N(C(=O)c2ccc(Br)c(C(F)(F)F)c2)C3)n1. The molecule has 4 aromatic rings. The lowest BCUT2D eigenvalue weighted by Gasteiger charge is -2.34. The highest BCUT2D eigenvalue weighted by Gasteiger charge is 2.36. The van der Waals surface area contributed by atoms with Crippen molar-refractivity contribution in [2.45, 2.75) is 59.3 Å². The zero-order valence-electron chi connectivity index (χ0n) is 24.6. The predicted molar refractivity (Wildman–Crippen MR) is 160 cm³/mol. The van der Waals surface area contributed by atoms with Crippen molar-refractivity contribution in [1.29, 1.82) is 0 Å². The van der Waals surface area contributed by atoms with Crippen LogP contribution < -0.4 is 10.5 Å². The molecule has 1 amide bonds. The van der Waals surface area contributed by atoms with Gasteiger partial charge in [0.15, 0.2) is 0 Å². The fourth-order valence-corrected chi connectivity index (χ4v) is 6.35. The Morgan fingerprint density at radius 2 is 1.82 bits per heavy atom. The first kappa shape index (κ1) is 30.0. The molecule has 2 aliphatic heterocycles. The first-order chi connectivity index (χ1) is 20.8. The molecule has 44 heavy (non-hydrogen) atoms. The van der Waals surface area contributed by atoms with E-state index in [9.17, 15) is 22.8 Å². The molecule has 0 radical (unpaired) electrons. The summed E-state index contributed by atoms with van der Waals surface area (Å²) in [6, 6.07) is 4.76. The van der Waals surface area contributed by atoms with E-state index in [0.717, 1.165) is 37.0 Å². The second-order valence-electron chi connectivity index (χ2n) is 11.6. The molecule has 1 aromatic carbocycles. The highest BCUT2D eigenvalue weighted by Crippen LogP contribution is 2.36. The second-order valence-corrected chi connectivity index (χ2v) is 12.4. The van der Waals surface area contributed by atoms with Gasteiger partial charge in [-0.1, -0.05) is 22.9 Å². The Kier molecular flexibility index (Phi) is 7.58. The van der Waals surface area contributed by atoms with E-state index in [1.165, 1.54) is 26.3 Å². The van der Waals surface area contributed by atoms with Gasteiger partial charge in [-0.2, -0.15) is 18.3 Å². The summed E-state index contributed by atoms with van der Waals surface area (Å²) in [5.41, 5.74) is 1.60. The summed E-state index contributed by atoms with van der Waals surface area (Å²) < 4.78 is 43.4. The Hall–Kier alpha value is -4.07. The quantitative estimate of drug-likeness (QED) is 0.300. The summed E-state index contributed by atoms with van der Waals surface area (Å²) in [6.45, 7) is 9.35. The molecule has 0 bridgehead atoms. The number of hydrogen-bond acceptors (Lipinski definition) is 7. The molecule has 5 heterocycles. The van der Waals surface area contributed by atoms with Crippen molar-refractivity contribution in [1.82, 2.24) is 34.2 Å². The second kappa shape index (κ2) is 11.1. The third-order valence-electron chi connectivity index (χ3n) is 8.19. The topological polar surface area (TPSA) is 102 Å². The van der Waals surface area contributed by atoms with Crippen molar-refractivity contribution >= 4 is 27.5 Å². The van der Waals surface area contributed by atoms with E-state index < -0.39 is 23.7 Å². The third kappa shape index (κ3) is 5.39. The van der Waals surface area contributed by atoms with Crippen LogP contribution in [0.2, 0.25) is 0 Å². The fraction of sp³-hybridized carbons (Fsp3) is 0.400. The fourth-order valence-electron chi connectivity index (χ4n) is 5.88. The number of fused-ring (bicyclic) bond motifs is 1. The standard InChI is InChI=1S/C30H30BrF3N8O2/c1-16-7-8-39(14-16)21-12-35-28(36-13-21)41-27(44)22-10-18(3)40(15-25(22)37-29(41)42-19(4)9-17(2)38-42)26(43)20-5-6-24(31)23(11-20)30(32,33)34/h5-6,9,11-13,16,18H,7-8,10,14-15H2,1-4H3. The summed E-state index contributed by atoms with van der Waals surface area (Å²) in [6.07, 6.45) is 0.00280. The summed E-state index contributed by atoms with van der Waals surface area (Å²) >= 11 is 2.93. The molecular weight excluding hydrogens is 641 g/mol. The van der Waals surface area contributed by atoms with Gasteiger partial charge in [0, 0.05) is 40.4 Å². The highest BCUT2D eigenvalue weighted by atomic mass is 79.9.